The summed E-state index contributed by atoms with van der Waals surface area (Å²) in [5.74, 6) is -0.466. The Bertz CT molecular complexity index is 2270. The van der Waals surface area contributed by atoms with E-state index in [9.17, 15) is 9.59 Å². The minimum Gasteiger partial charge on any atom is -0.463 e. The standard InChI is InChI=1S/C48H47N5O5/c1-4-7-27-47-40-26-18-17-25-38(40)44-50-51-53(48(35-19-11-8-12-20-35,36-21-13-9-14-22-36)37-23-15-10-16-24-37)52(44)42(47)29-33(30-43(47)54)28-41-39(46(56)58-6-3)31-34(32-49-41)45(55)57-5-2/h8-26,29-32,41,49,51H,4-7,27-28H2,1-3H3. The molecule has 4 aromatic carbocycles. The fourth-order valence-corrected chi connectivity index (χ4v) is 8.82. The average Bonchev–Trinajstić information content (AvgIpc) is 3.71. The number of carbonyl (C=O) groups is 3. The van der Waals surface area contributed by atoms with Gasteiger partial charge in [0.15, 0.2) is 11.6 Å². The third-order valence-corrected chi connectivity index (χ3v) is 11.4. The van der Waals surface area contributed by atoms with Gasteiger partial charge in [-0.1, -0.05) is 140 Å². The summed E-state index contributed by atoms with van der Waals surface area (Å²) >= 11 is 0. The van der Waals surface area contributed by atoms with Crippen molar-refractivity contribution < 1.29 is 23.9 Å². The summed E-state index contributed by atoms with van der Waals surface area (Å²) in [5.41, 5.74) is 8.19. The van der Waals surface area contributed by atoms with Crippen molar-refractivity contribution in [1.29, 1.82) is 0 Å². The Kier molecular flexibility index (Phi) is 10.7. The molecule has 10 nitrogen and oxygen atoms in total. The molecule has 4 aromatic rings. The first-order valence-electron chi connectivity index (χ1n) is 20.1. The molecule has 0 saturated heterocycles. The molecule has 2 unspecified atom stereocenters. The van der Waals surface area contributed by atoms with Gasteiger partial charge in [-0.05, 0) is 72.7 Å². The van der Waals surface area contributed by atoms with Gasteiger partial charge in [-0.15, -0.1) is 5.10 Å². The lowest BCUT2D eigenvalue weighted by Gasteiger charge is -2.52. The number of nitrogens with zero attached hydrogens (tertiary/aromatic N) is 3. The van der Waals surface area contributed by atoms with Crippen LogP contribution in [0.2, 0.25) is 0 Å². The van der Waals surface area contributed by atoms with E-state index in [0.29, 0.717) is 17.8 Å². The Hall–Kier alpha value is -6.52. The number of fused-ring (bicyclic) bond motifs is 6. The maximum atomic E-state index is 15.3. The summed E-state index contributed by atoms with van der Waals surface area (Å²) in [6.45, 7) is 5.97. The zero-order valence-corrected chi connectivity index (χ0v) is 33.0. The number of hydrogen-bond acceptors (Lipinski definition) is 10. The van der Waals surface area contributed by atoms with Crippen LogP contribution in [-0.2, 0) is 34.8 Å². The lowest BCUT2D eigenvalue weighted by Crippen LogP contribution is -2.63. The number of hydrazine groups is 2. The average molecular weight is 774 g/mol. The van der Waals surface area contributed by atoms with Gasteiger partial charge in [0, 0.05) is 11.8 Å². The van der Waals surface area contributed by atoms with Crippen molar-refractivity contribution in [3.8, 4) is 0 Å². The molecular weight excluding hydrogens is 727 g/mol. The Balaban J connectivity index is 1.33. The molecule has 0 fully saturated rings. The molecule has 0 bridgehead atoms. The number of ketones is 1. The minimum atomic E-state index is -1.05. The van der Waals surface area contributed by atoms with Gasteiger partial charge in [0.2, 0.25) is 0 Å². The maximum absolute atomic E-state index is 15.3. The molecule has 2 atom stereocenters. The van der Waals surface area contributed by atoms with Crippen LogP contribution in [0.4, 0.5) is 0 Å². The number of allylic oxidation sites excluding steroid dienone is 3. The second kappa shape index (κ2) is 16.1. The normalized spacial score (nSPS) is 19.8. The van der Waals surface area contributed by atoms with Crippen LogP contribution < -0.4 is 10.9 Å². The molecule has 2 N–H and O–H groups in total. The van der Waals surface area contributed by atoms with E-state index in [0.717, 1.165) is 46.4 Å². The van der Waals surface area contributed by atoms with E-state index in [4.69, 9.17) is 14.6 Å². The third-order valence-electron chi connectivity index (χ3n) is 11.4. The van der Waals surface area contributed by atoms with Crippen LogP contribution in [0, 0.1) is 0 Å². The van der Waals surface area contributed by atoms with Crippen molar-refractivity contribution >= 4 is 23.6 Å². The van der Waals surface area contributed by atoms with Crippen LogP contribution in [0.3, 0.4) is 0 Å². The van der Waals surface area contributed by atoms with Crippen LogP contribution in [0.25, 0.3) is 0 Å². The van der Waals surface area contributed by atoms with Crippen molar-refractivity contribution in [2.75, 3.05) is 13.2 Å². The van der Waals surface area contributed by atoms with Gasteiger partial charge < -0.3 is 14.8 Å². The van der Waals surface area contributed by atoms with Crippen LogP contribution in [0.1, 0.15) is 74.3 Å². The van der Waals surface area contributed by atoms with Crippen molar-refractivity contribution in [1.82, 2.24) is 21.0 Å². The van der Waals surface area contributed by atoms with Gasteiger partial charge in [0.05, 0.1) is 36.1 Å². The molecule has 0 amide bonds. The Labute approximate surface area is 339 Å². The number of dihydropyridines is 1. The fourth-order valence-electron chi connectivity index (χ4n) is 8.82. The predicted molar refractivity (Wildman–Crippen MR) is 222 cm³/mol. The molecule has 3 heterocycles. The van der Waals surface area contributed by atoms with E-state index in [1.807, 2.05) is 72.8 Å². The smallest absolute Gasteiger partial charge is 0.339 e. The fraction of sp³-hybridized carbons (Fsp3) is 0.250. The topological polar surface area (TPSA) is 113 Å². The number of amidine groups is 1. The lowest BCUT2D eigenvalue weighted by atomic mass is 9.64. The summed E-state index contributed by atoms with van der Waals surface area (Å²) in [7, 11) is 0. The van der Waals surface area contributed by atoms with Gasteiger partial charge in [0.1, 0.15) is 11.0 Å². The lowest BCUT2D eigenvalue weighted by molar-refractivity contribution is -0.138. The first kappa shape index (κ1) is 38.4. The number of ether oxygens (including phenoxy) is 2. The van der Waals surface area contributed by atoms with Gasteiger partial charge in [0.25, 0.3) is 0 Å². The van der Waals surface area contributed by atoms with Crippen molar-refractivity contribution in [2.24, 2.45) is 5.10 Å². The summed E-state index contributed by atoms with van der Waals surface area (Å²) in [4.78, 5) is 41.5. The highest BCUT2D eigenvalue weighted by atomic mass is 16.5. The first-order valence-corrected chi connectivity index (χ1v) is 20.1. The SMILES string of the molecule is CCCCC12C(=O)C=C(CC3NC=C(C(=O)OCC)C=C3C(=O)OCC)C=C1N1C(=NNN1C(c1ccccc1)(c1ccccc1)c1ccccc1)c1ccccc12. The second-order valence-corrected chi connectivity index (χ2v) is 14.7. The molecule has 0 saturated carbocycles. The number of hydrogen-bond donors (Lipinski definition) is 2. The van der Waals surface area contributed by atoms with Gasteiger partial charge in [-0.25, -0.2) is 20.1 Å². The summed E-state index contributed by atoms with van der Waals surface area (Å²) < 4.78 is 10.7. The quantitative estimate of drug-likeness (QED) is 0.105. The molecule has 10 heteroatoms. The maximum Gasteiger partial charge on any atom is 0.339 e. The van der Waals surface area contributed by atoms with Crippen LogP contribution in [-0.4, -0.2) is 52.9 Å². The van der Waals surface area contributed by atoms with Crippen LogP contribution >= 0.6 is 0 Å². The molecule has 3 aliphatic heterocycles. The minimum absolute atomic E-state index is 0.0447. The van der Waals surface area contributed by atoms with Gasteiger partial charge in [-0.3, -0.25) is 4.79 Å². The highest BCUT2D eigenvalue weighted by Crippen LogP contribution is 2.53. The van der Waals surface area contributed by atoms with E-state index in [-0.39, 0.29) is 36.6 Å². The zero-order valence-electron chi connectivity index (χ0n) is 33.0. The molecule has 1 aliphatic carbocycles. The zero-order chi connectivity index (χ0) is 40.3. The van der Waals surface area contributed by atoms with E-state index < -0.39 is 28.9 Å². The van der Waals surface area contributed by atoms with E-state index >= 15 is 4.79 Å². The highest BCUT2D eigenvalue weighted by molar-refractivity contribution is 6.12. The molecule has 294 valence electrons. The summed E-state index contributed by atoms with van der Waals surface area (Å²) in [6.07, 6.45) is 9.45. The van der Waals surface area contributed by atoms with E-state index in [1.54, 1.807) is 26.1 Å². The number of hydrazone groups is 1. The van der Waals surface area contributed by atoms with Gasteiger partial charge >= 0.3 is 11.9 Å². The molecule has 0 aromatic heterocycles. The number of benzene rings is 4. The number of nitrogens with one attached hydrogen (secondary N) is 2. The summed E-state index contributed by atoms with van der Waals surface area (Å²) in [5, 5.41) is 12.6. The van der Waals surface area contributed by atoms with Crippen LogP contribution in [0.5, 0.6) is 0 Å². The number of carbonyl (C=O) groups excluding carboxylic acids is 3. The second-order valence-electron chi connectivity index (χ2n) is 14.7. The third kappa shape index (κ3) is 6.34. The Morgan fingerprint density at radius 1 is 0.759 bits per heavy atom. The first-order chi connectivity index (χ1) is 28.4. The largest absolute Gasteiger partial charge is 0.463 e. The molecule has 4 aliphatic rings. The van der Waals surface area contributed by atoms with Gasteiger partial charge in [-0.2, -0.15) is 0 Å². The van der Waals surface area contributed by atoms with Crippen LogP contribution in [0.15, 0.2) is 167 Å². The summed E-state index contributed by atoms with van der Waals surface area (Å²) in [6, 6.07) is 38.6. The van der Waals surface area contributed by atoms with Crippen molar-refractivity contribution in [2.45, 2.75) is 63.5 Å². The van der Waals surface area contributed by atoms with E-state index in [1.165, 1.54) is 6.08 Å². The Morgan fingerprint density at radius 3 is 1.95 bits per heavy atom. The number of unbranched alkanes of at least 4 members (excludes halogenated alkanes) is 1. The van der Waals surface area contributed by atoms with Crippen molar-refractivity contribution in [3.63, 3.8) is 0 Å². The molecule has 58 heavy (non-hydrogen) atoms. The van der Waals surface area contributed by atoms with Crippen molar-refractivity contribution in [3.05, 3.63) is 190 Å². The number of rotatable bonds is 13. The molecule has 0 radical (unpaired) electrons. The van der Waals surface area contributed by atoms with E-state index in [2.05, 4.69) is 76.4 Å². The Morgan fingerprint density at radius 2 is 1.34 bits per heavy atom. The number of esters is 2. The molecular formula is C48H47N5O5. The molecule has 8 rings (SSSR count). The highest BCUT2D eigenvalue weighted by Gasteiger charge is 2.58. The monoisotopic (exact) mass is 773 g/mol. The predicted octanol–water partition coefficient (Wildman–Crippen LogP) is 7.51. The molecule has 0 spiro atoms.